The van der Waals surface area contributed by atoms with Crippen molar-refractivity contribution in [1.29, 1.82) is 0 Å². The Balaban J connectivity index is 1.59. The van der Waals surface area contributed by atoms with Crippen molar-refractivity contribution in [3.8, 4) is 0 Å². The molecule has 1 unspecified atom stereocenters. The predicted molar refractivity (Wildman–Crippen MR) is 111 cm³/mol. The zero-order valence-corrected chi connectivity index (χ0v) is 17.6. The van der Waals surface area contributed by atoms with Gasteiger partial charge in [0.05, 0.1) is 11.3 Å². The van der Waals surface area contributed by atoms with Crippen LogP contribution in [0.3, 0.4) is 0 Å². The van der Waals surface area contributed by atoms with Crippen molar-refractivity contribution < 1.29 is 26.4 Å². The first-order valence-corrected chi connectivity index (χ1v) is 11.6. The molecular weight excluding hydrogens is 429 g/mol. The Morgan fingerprint density at radius 2 is 1.74 bits per heavy atom. The van der Waals surface area contributed by atoms with Crippen LogP contribution in [0.2, 0.25) is 0 Å². The van der Waals surface area contributed by atoms with Crippen molar-refractivity contribution in [1.82, 2.24) is 4.90 Å². The fraction of sp³-hybridized carbons (Fsp3) is 0.364. The normalized spacial score (nSPS) is 20.7. The molecule has 2 aliphatic rings. The molecule has 0 bridgehead atoms. The van der Waals surface area contributed by atoms with Gasteiger partial charge in [0.2, 0.25) is 0 Å². The molecule has 31 heavy (non-hydrogen) atoms. The van der Waals surface area contributed by atoms with E-state index < -0.39 is 21.8 Å². The molecule has 4 rings (SSSR count). The molecule has 0 radical (unpaired) electrons. The SMILES string of the molecule is Cc1cc(C(=O)c2ccc(C3CCCN4CCS(=O)(=O)N=C34)cc2)ccc1C(F)(F)F. The van der Waals surface area contributed by atoms with Gasteiger partial charge < -0.3 is 4.90 Å². The van der Waals surface area contributed by atoms with Gasteiger partial charge in [0.15, 0.2) is 5.78 Å². The number of amidine groups is 1. The minimum Gasteiger partial charge on any atom is -0.358 e. The van der Waals surface area contributed by atoms with Crippen molar-refractivity contribution in [3.05, 3.63) is 70.3 Å². The molecule has 2 aromatic carbocycles. The summed E-state index contributed by atoms with van der Waals surface area (Å²) in [4.78, 5) is 14.8. The number of carbonyl (C=O) groups is 1. The molecule has 0 saturated carbocycles. The van der Waals surface area contributed by atoms with Gasteiger partial charge in [-0.3, -0.25) is 4.79 Å². The maximum atomic E-state index is 13.0. The van der Waals surface area contributed by atoms with Gasteiger partial charge in [-0.25, -0.2) is 8.42 Å². The molecule has 1 atom stereocenters. The molecule has 0 spiro atoms. The highest BCUT2D eigenvalue weighted by atomic mass is 32.2. The molecule has 9 heteroatoms. The second-order valence-corrected chi connectivity index (χ2v) is 9.65. The maximum absolute atomic E-state index is 13.0. The van der Waals surface area contributed by atoms with Crippen LogP contribution in [0.4, 0.5) is 13.2 Å². The van der Waals surface area contributed by atoms with Crippen LogP contribution in [0, 0.1) is 6.92 Å². The number of ketones is 1. The molecule has 1 saturated heterocycles. The van der Waals surface area contributed by atoms with E-state index in [9.17, 15) is 26.4 Å². The smallest absolute Gasteiger partial charge is 0.358 e. The van der Waals surface area contributed by atoms with Gasteiger partial charge in [-0.1, -0.05) is 30.3 Å². The summed E-state index contributed by atoms with van der Waals surface area (Å²) in [5.41, 5.74) is 0.637. The average molecular weight is 450 g/mol. The number of fused-ring (bicyclic) bond motifs is 1. The Kier molecular flexibility index (Phi) is 5.41. The Labute approximate surface area is 178 Å². The van der Waals surface area contributed by atoms with E-state index in [4.69, 9.17) is 0 Å². The van der Waals surface area contributed by atoms with Crippen LogP contribution in [0.25, 0.3) is 0 Å². The van der Waals surface area contributed by atoms with Crippen LogP contribution in [-0.4, -0.2) is 43.8 Å². The summed E-state index contributed by atoms with van der Waals surface area (Å²) in [6.07, 6.45) is -2.79. The minimum absolute atomic E-state index is 0.00575. The van der Waals surface area contributed by atoms with E-state index in [1.165, 1.54) is 19.1 Å². The number of benzene rings is 2. The van der Waals surface area contributed by atoms with E-state index in [0.717, 1.165) is 31.0 Å². The lowest BCUT2D eigenvalue weighted by molar-refractivity contribution is -0.138. The molecule has 1 fully saturated rings. The summed E-state index contributed by atoms with van der Waals surface area (Å²) in [5, 5.41) is 0. The lowest BCUT2D eigenvalue weighted by Gasteiger charge is -2.37. The summed E-state index contributed by atoms with van der Waals surface area (Å²) in [6.45, 7) is 2.53. The van der Waals surface area contributed by atoms with Crippen LogP contribution in [0.1, 0.15) is 51.4 Å². The van der Waals surface area contributed by atoms with E-state index in [1.54, 1.807) is 24.3 Å². The zero-order chi connectivity index (χ0) is 22.4. The predicted octanol–water partition coefficient (Wildman–Crippen LogP) is 4.17. The molecule has 0 amide bonds. The van der Waals surface area contributed by atoms with E-state index in [1.807, 2.05) is 4.90 Å². The fourth-order valence-electron chi connectivity index (χ4n) is 4.18. The van der Waals surface area contributed by atoms with Crippen LogP contribution < -0.4 is 0 Å². The third-order valence-electron chi connectivity index (χ3n) is 5.78. The third-order valence-corrected chi connectivity index (χ3v) is 6.94. The second kappa shape index (κ2) is 7.78. The van der Waals surface area contributed by atoms with Gasteiger partial charge in [-0.15, -0.1) is 4.40 Å². The second-order valence-electron chi connectivity index (χ2n) is 7.90. The number of aryl methyl sites for hydroxylation is 1. The number of piperidine rings is 1. The van der Waals surface area contributed by atoms with Gasteiger partial charge in [0.25, 0.3) is 10.0 Å². The number of halogens is 3. The van der Waals surface area contributed by atoms with E-state index >= 15 is 0 Å². The topological polar surface area (TPSA) is 66.8 Å². The van der Waals surface area contributed by atoms with Gasteiger partial charge in [-0.2, -0.15) is 13.2 Å². The van der Waals surface area contributed by atoms with Crippen molar-refractivity contribution in [2.24, 2.45) is 4.40 Å². The number of carbonyl (C=O) groups excluding carboxylic acids is 1. The Hall–Kier alpha value is -2.68. The fourth-order valence-corrected chi connectivity index (χ4v) is 5.25. The number of hydrogen-bond donors (Lipinski definition) is 0. The molecule has 0 aliphatic carbocycles. The van der Waals surface area contributed by atoms with Crippen LogP contribution >= 0.6 is 0 Å². The highest BCUT2D eigenvalue weighted by molar-refractivity contribution is 7.90. The lowest BCUT2D eigenvalue weighted by atomic mass is 9.88. The van der Waals surface area contributed by atoms with Gasteiger partial charge in [0.1, 0.15) is 5.84 Å². The number of nitrogens with zero attached hydrogens (tertiary/aromatic N) is 2. The molecule has 2 heterocycles. The molecular formula is C22H21F3N2O3S. The molecule has 0 N–H and O–H groups in total. The number of sulfonamides is 1. The Morgan fingerprint density at radius 3 is 2.39 bits per heavy atom. The van der Waals surface area contributed by atoms with Crippen LogP contribution in [0.5, 0.6) is 0 Å². The zero-order valence-electron chi connectivity index (χ0n) is 16.8. The van der Waals surface area contributed by atoms with Gasteiger partial charge >= 0.3 is 6.18 Å². The highest BCUT2D eigenvalue weighted by Gasteiger charge is 2.34. The highest BCUT2D eigenvalue weighted by Crippen LogP contribution is 2.33. The first kappa shape index (κ1) is 21.5. The molecule has 5 nitrogen and oxygen atoms in total. The molecule has 164 valence electrons. The van der Waals surface area contributed by atoms with Crippen LogP contribution in [0.15, 0.2) is 46.9 Å². The summed E-state index contributed by atoms with van der Waals surface area (Å²) >= 11 is 0. The monoisotopic (exact) mass is 450 g/mol. The van der Waals surface area contributed by atoms with E-state index in [2.05, 4.69) is 4.40 Å². The minimum atomic E-state index is -4.46. The van der Waals surface area contributed by atoms with E-state index in [0.29, 0.717) is 17.9 Å². The molecule has 0 aromatic heterocycles. The van der Waals surface area contributed by atoms with Crippen LogP contribution in [-0.2, 0) is 16.2 Å². The standard InChI is InChI=1S/C22H21F3N2O3S/c1-14-13-17(8-9-19(14)22(23,24)25)20(28)16-6-4-15(5-7-16)18-3-2-10-27-11-12-31(29,30)26-21(18)27/h4-9,13,18H,2-3,10-12H2,1H3. The summed E-state index contributed by atoms with van der Waals surface area (Å²) in [7, 11) is -3.46. The summed E-state index contributed by atoms with van der Waals surface area (Å²) in [6, 6.07) is 10.1. The number of rotatable bonds is 3. The largest absolute Gasteiger partial charge is 0.416 e. The maximum Gasteiger partial charge on any atom is 0.416 e. The molecule has 2 aliphatic heterocycles. The van der Waals surface area contributed by atoms with Gasteiger partial charge in [-0.05, 0) is 43.0 Å². The number of alkyl halides is 3. The van der Waals surface area contributed by atoms with Crippen molar-refractivity contribution in [3.63, 3.8) is 0 Å². The Morgan fingerprint density at radius 1 is 1.06 bits per heavy atom. The van der Waals surface area contributed by atoms with Crippen molar-refractivity contribution >= 4 is 21.6 Å². The third kappa shape index (κ3) is 4.37. The average Bonchev–Trinajstić information content (AvgIpc) is 2.71. The van der Waals surface area contributed by atoms with Crippen molar-refractivity contribution in [2.75, 3.05) is 18.8 Å². The Bertz CT molecular complexity index is 1160. The van der Waals surface area contributed by atoms with Gasteiger partial charge in [0, 0.05) is 30.1 Å². The van der Waals surface area contributed by atoms with E-state index in [-0.39, 0.29) is 28.6 Å². The van der Waals surface area contributed by atoms with Crippen molar-refractivity contribution in [2.45, 2.75) is 31.9 Å². The first-order chi connectivity index (χ1) is 14.5. The quantitative estimate of drug-likeness (QED) is 0.659. The summed E-state index contributed by atoms with van der Waals surface area (Å²) < 4.78 is 66.8. The number of hydrogen-bond acceptors (Lipinski definition) is 4. The first-order valence-electron chi connectivity index (χ1n) is 9.95. The lowest BCUT2D eigenvalue weighted by Crippen LogP contribution is -2.46. The molecule has 2 aromatic rings. The summed E-state index contributed by atoms with van der Waals surface area (Å²) in [5.74, 6) is 0.0332.